The summed E-state index contributed by atoms with van der Waals surface area (Å²) in [4.78, 5) is 1.42. The van der Waals surface area contributed by atoms with Gasteiger partial charge in [-0.25, -0.2) is 0 Å². The van der Waals surface area contributed by atoms with Gasteiger partial charge < -0.3 is 0 Å². The van der Waals surface area contributed by atoms with Crippen LogP contribution in [0.15, 0.2) is 0 Å². The molecule has 0 aliphatic carbocycles. The number of thioether (sulfide) groups is 1. The number of halogens is 4. The maximum atomic E-state index is 12.1. The second-order valence-corrected chi connectivity index (χ2v) is 4.43. The van der Waals surface area contributed by atoms with Crippen molar-refractivity contribution in [1.29, 1.82) is 0 Å². The van der Waals surface area contributed by atoms with Crippen molar-refractivity contribution in [1.82, 2.24) is 4.90 Å². The monoisotopic (exact) mass is 233 g/mol. The van der Waals surface area contributed by atoms with Crippen molar-refractivity contribution in [3.8, 4) is 0 Å². The van der Waals surface area contributed by atoms with Gasteiger partial charge in [-0.3, -0.25) is 4.90 Å². The van der Waals surface area contributed by atoms with E-state index in [9.17, 15) is 13.2 Å². The number of hydrogen-bond donors (Lipinski definition) is 0. The van der Waals surface area contributed by atoms with Crippen LogP contribution in [-0.4, -0.2) is 47.6 Å². The average molecular weight is 234 g/mol. The van der Waals surface area contributed by atoms with E-state index < -0.39 is 12.7 Å². The van der Waals surface area contributed by atoms with Crippen LogP contribution >= 0.6 is 23.4 Å². The molecule has 1 aliphatic heterocycles. The first-order valence-corrected chi connectivity index (χ1v) is 5.66. The molecule has 1 rings (SSSR count). The maximum absolute atomic E-state index is 12.1. The summed E-state index contributed by atoms with van der Waals surface area (Å²) >= 11 is 7.25. The SMILES string of the molecule is FC(F)(F)CN1CCSCC1CCl. The molecule has 0 aromatic carbocycles. The highest BCUT2D eigenvalue weighted by molar-refractivity contribution is 7.99. The van der Waals surface area contributed by atoms with E-state index in [1.165, 1.54) is 4.90 Å². The van der Waals surface area contributed by atoms with Crippen molar-refractivity contribution in [2.24, 2.45) is 0 Å². The summed E-state index contributed by atoms with van der Waals surface area (Å²) in [6, 6.07) is -0.123. The van der Waals surface area contributed by atoms with Crippen LogP contribution in [0.2, 0.25) is 0 Å². The zero-order valence-electron chi connectivity index (χ0n) is 6.98. The van der Waals surface area contributed by atoms with Crippen LogP contribution in [0.1, 0.15) is 0 Å². The second-order valence-electron chi connectivity index (χ2n) is 2.97. The van der Waals surface area contributed by atoms with E-state index >= 15 is 0 Å². The predicted molar refractivity (Wildman–Crippen MR) is 49.5 cm³/mol. The Bertz CT molecular complexity index is 164. The van der Waals surface area contributed by atoms with Crippen molar-refractivity contribution < 1.29 is 13.2 Å². The molecule has 0 aromatic heterocycles. The van der Waals surface area contributed by atoms with Crippen LogP contribution < -0.4 is 0 Å². The highest BCUT2D eigenvalue weighted by Crippen LogP contribution is 2.23. The molecule has 1 fully saturated rings. The van der Waals surface area contributed by atoms with E-state index in [0.29, 0.717) is 12.3 Å². The first kappa shape index (κ1) is 11.5. The molecule has 0 saturated carbocycles. The van der Waals surface area contributed by atoms with Crippen LogP contribution in [-0.2, 0) is 0 Å². The maximum Gasteiger partial charge on any atom is 0.401 e. The largest absolute Gasteiger partial charge is 0.401 e. The first-order valence-electron chi connectivity index (χ1n) is 3.97. The molecule has 1 atom stereocenters. The molecule has 6 heteroatoms. The van der Waals surface area contributed by atoms with Gasteiger partial charge in [-0.15, -0.1) is 11.6 Å². The molecule has 0 radical (unpaired) electrons. The van der Waals surface area contributed by atoms with Crippen molar-refractivity contribution in [3.63, 3.8) is 0 Å². The van der Waals surface area contributed by atoms with E-state index in [4.69, 9.17) is 11.6 Å². The zero-order valence-corrected chi connectivity index (χ0v) is 8.55. The van der Waals surface area contributed by atoms with Crippen LogP contribution in [0.25, 0.3) is 0 Å². The summed E-state index contributed by atoms with van der Waals surface area (Å²) in [5, 5.41) is 0. The fourth-order valence-electron chi connectivity index (χ4n) is 1.27. The van der Waals surface area contributed by atoms with Gasteiger partial charge in [0.1, 0.15) is 0 Å². The minimum absolute atomic E-state index is 0.123. The molecule has 1 aliphatic rings. The Morgan fingerprint density at radius 2 is 2.15 bits per heavy atom. The number of nitrogens with zero attached hydrogens (tertiary/aromatic N) is 1. The summed E-state index contributed by atoms with van der Waals surface area (Å²) < 4.78 is 36.2. The summed E-state index contributed by atoms with van der Waals surface area (Å²) in [5.41, 5.74) is 0. The van der Waals surface area contributed by atoms with Gasteiger partial charge in [-0.2, -0.15) is 24.9 Å². The molecule has 1 saturated heterocycles. The Kier molecular flexibility index (Phi) is 4.19. The Balaban J connectivity index is 2.45. The van der Waals surface area contributed by atoms with Gasteiger partial charge in [0.2, 0.25) is 0 Å². The lowest BCUT2D eigenvalue weighted by Crippen LogP contribution is -2.47. The molecule has 1 heterocycles. The van der Waals surface area contributed by atoms with Crippen LogP contribution in [0, 0.1) is 0 Å². The molecule has 1 unspecified atom stereocenters. The third-order valence-electron chi connectivity index (χ3n) is 1.91. The van der Waals surface area contributed by atoms with E-state index in [-0.39, 0.29) is 11.9 Å². The van der Waals surface area contributed by atoms with E-state index in [1.807, 2.05) is 0 Å². The molecule has 0 spiro atoms. The van der Waals surface area contributed by atoms with Gasteiger partial charge in [0.25, 0.3) is 0 Å². The summed E-state index contributed by atoms with van der Waals surface area (Å²) in [6.45, 7) is -0.341. The highest BCUT2D eigenvalue weighted by atomic mass is 35.5. The molecular formula is C7H11ClF3NS. The summed E-state index contributed by atoms with van der Waals surface area (Å²) in [7, 11) is 0. The Hall–Kier alpha value is 0.390. The number of alkyl halides is 4. The standard InChI is InChI=1S/C7H11ClF3NS/c8-3-6-4-13-2-1-12(6)5-7(9,10)11/h6H,1-5H2. The van der Waals surface area contributed by atoms with Gasteiger partial charge in [-0.1, -0.05) is 0 Å². The minimum atomic E-state index is -4.10. The van der Waals surface area contributed by atoms with E-state index in [1.54, 1.807) is 11.8 Å². The lowest BCUT2D eigenvalue weighted by atomic mass is 10.3. The highest BCUT2D eigenvalue weighted by Gasteiger charge is 2.34. The quantitative estimate of drug-likeness (QED) is 0.673. The topological polar surface area (TPSA) is 3.24 Å². The van der Waals surface area contributed by atoms with Crippen molar-refractivity contribution in [2.75, 3.05) is 30.5 Å². The van der Waals surface area contributed by atoms with Crippen LogP contribution in [0.5, 0.6) is 0 Å². The van der Waals surface area contributed by atoms with Crippen LogP contribution in [0.3, 0.4) is 0 Å². The number of hydrogen-bond acceptors (Lipinski definition) is 2. The Morgan fingerprint density at radius 1 is 1.46 bits per heavy atom. The lowest BCUT2D eigenvalue weighted by molar-refractivity contribution is -0.148. The smallest absolute Gasteiger partial charge is 0.289 e. The predicted octanol–water partition coefficient (Wildman–Crippen LogP) is 2.20. The van der Waals surface area contributed by atoms with Gasteiger partial charge >= 0.3 is 6.18 Å². The van der Waals surface area contributed by atoms with Gasteiger partial charge in [0.15, 0.2) is 0 Å². The van der Waals surface area contributed by atoms with Gasteiger partial charge in [0, 0.05) is 30.0 Å². The summed E-state index contributed by atoms with van der Waals surface area (Å²) in [6.07, 6.45) is -4.10. The fourth-order valence-corrected chi connectivity index (χ4v) is 2.83. The number of rotatable bonds is 2. The van der Waals surface area contributed by atoms with E-state index in [2.05, 4.69) is 0 Å². The molecular weight excluding hydrogens is 223 g/mol. The average Bonchev–Trinajstić information content (AvgIpc) is 2.02. The molecule has 1 nitrogen and oxygen atoms in total. The summed E-state index contributed by atoms with van der Waals surface area (Å²) in [5.74, 6) is 1.76. The third-order valence-corrected chi connectivity index (χ3v) is 3.36. The minimum Gasteiger partial charge on any atom is -0.289 e. The normalized spacial score (nSPS) is 26.3. The molecule has 78 valence electrons. The third kappa shape index (κ3) is 3.95. The Labute approximate surface area is 84.6 Å². The fraction of sp³-hybridized carbons (Fsp3) is 1.00. The van der Waals surface area contributed by atoms with Crippen molar-refractivity contribution in [3.05, 3.63) is 0 Å². The van der Waals surface area contributed by atoms with Crippen molar-refractivity contribution >= 4 is 23.4 Å². The Morgan fingerprint density at radius 3 is 2.69 bits per heavy atom. The molecule has 0 aromatic rings. The first-order chi connectivity index (χ1) is 6.03. The lowest BCUT2D eigenvalue weighted by Gasteiger charge is -2.34. The van der Waals surface area contributed by atoms with Crippen LogP contribution in [0.4, 0.5) is 13.2 Å². The van der Waals surface area contributed by atoms with Crippen molar-refractivity contribution in [2.45, 2.75) is 12.2 Å². The zero-order chi connectivity index (χ0) is 9.90. The second kappa shape index (κ2) is 4.75. The van der Waals surface area contributed by atoms with Gasteiger partial charge in [0.05, 0.1) is 6.54 Å². The van der Waals surface area contributed by atoms with Gasteiger partial charge in [-0.05, 0) is 0 Å². The molecule has 0 bridgehead atoms. The molecule has 0 amide bonds. The molecule has 13 heavy (non-hydrogen) atoms. The molecule has 0 N–H and O–H groups in total. The van der Waals surface area contributed by atoms with E-state index in [0.717, 1.165) is 5.75 Å².